The lowest BCUT2D eigenvalue weighted by Gasteiger charge is -2.34. The quantitative estimate of drug-likeness (QED) is 0.146. The van der Waals surface area contributed by atoms with Crippen molar-refractivity contribution in [2.45, 2.75) is 109 Å². The minimum atomic E-state index is -1.88. The summed E-state index contributed by atoms with van der Waals surface area (Å²) in [5, 5.41) is 12.1. The second kappa shape index (κ2) is 25.0. The van der Waals surface area contributed by atoms with Crippen molar-refractivity contribution in [2.75, 3.05) is 7.11 Å². The lowest BCUT2D eigenvalue weighted by molar-refractivity contribution is -0.432. The van der Waals surface area contributed by atoms with E-state index in [0.29, 0.717) is 11.5 Å². The Kier molecular flexibility index (Phi) is 36.6. The predicted octanol–water partition coefficient (Wildman–Crippen LogP) is 11.3. The Morgan fingerprint density at radius 2 is 1.35 bits per heavy atom. The van der Waals surface area contributed by atoms with Crippen molar-refractivity contribution < 1.29 is 19.1 Å². The molecule has 206 valence electrons. The summed E-state index contributed by atoms with van der Waals surface area (Å²) < 4.78 is 10.6. The lowest BCUT2D eigenvalue weighted by atomic mass is 9.90. The van der Waals surface area contributed by atoms with Gasteiger partial charge < -0.3 is 4.43 Å². The number of hydrogen-bond acceptors (Lipinski definition) is 5. The van der Waals surface area contributed by atoms with Crippen LogP contribution in [0.1, 0.15) is 102 Å². The smallest absolute Gasteiger partial charge is 0.193 e. The van der Waals surface area contributed by atoms with E-state index >= 15 is 0 Å². The zero-order chi connectivity index (χ0) is 19.0. The van der Waals surface area contributed by atoms with Gasteiger partial charge in [0.2, 0.25) is 0 Å². The van der Waals surface area contributed by atoms with Gasteiger partial charge >= 0.3 is 0 Å². The summed E-state index contributed by atoms with van der Waals surface area (Å²) in [5.74, 6) is 0.415. The van der Waals surface area contributed by atoms with Crippen LogP contribution in [0, 0.1) is 0 Å². The molecule has 6 heteroatoms. The van der Waals surface area contributed by atoms with Crippen molar-refractivity contribution in [3.8, 4) is 0 Å². The van der Waals surface area contributed by atoms with Crippen LogP contribution in [0.3, 0.4) is 0 Å². The summed E-state index contributed by atoms with van der Waals surface area (Å²) in [5.41, 5.74) is 3.03. The Labute approximate surface area is 220 Å². The largest absolute Gasteiger partial charge is 0.420 e. The zero-order valence-electron chi connectivity index (χ0n) is 15.8. The molecule has 0 aliphatic rings. The van der Waals surface area contributed by atoms with Gasteiger partial charge in [0.1, 0.15) is 0 Å². The van der Waals surface area contributed by atoms with Gasteiger partial charge in [0.05, 0.1) is 12.0 Å². The molecule has 2 aromatic carbocycles. The highest BCUT2D eigenvalue weighted by Crippen LogP contribution is 2.39. The highest BCUT2D eigenvalue weighted by atomic mass is 32.2. The summed E-state index contributed by atoms with van der Waals surface area (Å²) in [6.07, 6.45) is 2.09. The predicted molar refractivity (Wildman–Crippen MR) is 162 cm³/mol. The number of hydrogen-bond donors (Lipinski definition) is 1. The molecule has 0 saturated heterocycles. The number of rotatable bonds is 10. The maximum Gasteiger partial charge on any atom is 0.193 e. The van der Waals surface area contributed by atoms with Crippen LogP contribution in [0.25, 0.3) is 0 Å². The van der Waals surface area contributed by atoms with Crippen LogP contribution in [-0.4, -0.2) is 20.7 Å². The molecule has 0 bridgehead atoms. The lowest BCUT2D eigenvalue weighted by Crippen LogP contribution is -2.38. The molecule has 1 N–H and O–H groups in total. The summed E-state index contributed by atoms with van der Waals surface area (Å²) in [6, 6.07) is 18.9. The Bertz CT molecular complexity index is 668. The molecule has 0 radical (unpaired) electrons. The fourth-order valence-corrected chi connectivity index (χ4v) is 5.91. The zero-order valence-corrected chi connectivity index (χ0v) is 17.7. The average Bonchev–Trinajstić information content (AvgIpc) is 2.68. The van der Waals surface area contributed by atoms with Crippen LogP contribution in [0.2, 0.25) is 13.1 Å². The van der Waals surface area contributed by atoms with E-state index in [-0.39, 0.29) is 59.4 Å². The van der Waals surface area contributed by atoms with Crippen molar-refractivity contribution >= 4 is 20.4 Å². The Morgan fingerprint density at radius 3 is 1.82 bits per heavy atom. The molecule has 2 atom stereocenters. The highest BCUT2D eigenvalue weighted by Gasteiger charge is 2.35. The summed E-state index contributed by atoms with van der Waals surface area (Å²) in [4.78, 5) is 0.898. The Balaban J connectivity index is -0.000000182. The van der Waals surface area contributed by atoms with Gasteiger partial charge in [0.25, 0.3) is 0 Å². The summed E-state index contributed by atoms with van der Waals surface area (Å²) >= 11 is 1.000. The van der Waals surface area contributed by atoms with Gasteiger partial charge in [0.15, 0.2) is 8.32 Å². The first kappa shape index (κ1) is 49.9. The second-order valence-corrected chi connectivity index (χ2v) is 12.0. The molecule has 0 heterocycles. The molecule has 0 saturated carbocycles. The maximum atomic E-state index is 8.36. The van der Waals surface area contributed by atoms with Gasteiger partial charge in [-0.2, -0.15) is 0 Å². The molecule has 2 aromatic rings. The Hall–Kier alpha value is -1.15. The second-order valence-electron chi connectivity index (χ2n) is 6.91. The molecule has 0 aliphatic heterocycles. The monoisotopic (exact) mass is 520 g/mol. The third kappa shape index (κ3) is 14.3. The van der Waals surface area contributed by atoms with Gasteiger partial charge in [0, 0.05) is 17.5 Å². The molecule has 2 unspecified atom stereocenters. The fourth-order valence-electron chi connectivity index (χ4n) is 3.35. The van der Waals surface area contributed by atoms with Gasteiger partial charge in [-0.05, 0) is 55.1 Å². The Morgan fingerprint density at radius 1 is 0.824 bits per heavy atom. The molecular formula is C28H60O4SSi. The molecule has 0 fully saturated rings. The SMILES string of the molecule is C.C.C.C.C.C.C.C.CCC(CC(c1ccccc1)[Si](C)(C)OC)c1cccc(SOOO)c1. The first-order valence-corrected chi connectivity index (χ1v) is 12.6. The van der Waals surface area contributed by atoms with Crippen molar-refractivity contribution in [1.82, 2.24) is 0 Å². The molecule has 0 aromatic heterocycles. The first-order chi connectivity index (χ1) is 12.5. The van der Waals surface area contributed by atoms with Crippen LogP contribution in [0.5, 0.6) is 0 Å². The molecule has 4 nitrogen and oxygen atoms in total. The molecule has 0 amide bonds. The van der Waals surface area contributed by atoms with E-state index in [0.717, 1.165) is 29.8 Å². The minimum Gasteiger partial charge on any atom is -0.420 e. The third-order valence-electron chi connectivity index (χ3n) is 5.07. The van der Waals surface area contributed by atoms with Crippen molar-refractivity contribution in [2.24, 2.45) is 0 Å². The van der Waals surface area contributed by atoms with Gasteiger partial charge in [-0.3, -0.25) is 0 Å². The fraction of sp³-hybridized carbons (Fsp3) is 0.571. The molecule has 34 heavy (non-hydrogen) atoms. The normalized spacial score (nSPS) is 10.9. The third-order valence-corrected chi connectivity index (χ3v) is 8.95. The molecule has 0 spiro atoms. The van der Waals surface area contributed by atoms with Crippen molar-refractivity contribution in [3.05, 3.63) is 65.7 Å². The van der Waals surface area contributed by atoms with Crippen LogP contribution in [0.15, 0.2) is 59.5 Å². The number of benzene rings is 2. The van der Waals surface area contributed by atoms with Crippen LogP contribution >= 0.6 is 12.0 Å². The van der Waals surface area contributed by atoms with E-state index < -0.39 is 8.32 Å². The first-order valence-electron chi connectivity index (χ1n) is 8.86. The van der Waals surface area contributed by atoms with E-state index in [1.165, 1.54) is 11.1 Å². The molecule has 0 aliphatic carbocycles. The van der Waals surface area contributed by atoms with Crippen molar-refractivity contribution in [1.29, 1.82) is 0 Å². The van der Waals surface area contributed by atoms with E-state index in [1.807, 2.05) is 19.2 Å². The van der Waals surface area contributed by atoms with E-state index in [1.54, 1.807) is 0 Å². The molecular weight excluding hydrogens is 460 g/mol. The van der Waals surface area contributed by atoms with Crippen LogP contribution in [-0.2, 0) is 13.8 Å². The van der Waals surface area contributed by atoms with E-state index in [4.69, 9.17) is 9.68 Å². The molecule has 2 rings (SSSR count). The summed E-state index contributed by atoms with van der Waals surface area (Å²) in [7, 11) is -0.0371. The minimum absolute atomic E-state index is 0. The van der Waals surface area contributed by atoms with E-state index in [2.05, 4.69) is 71.9 Å². The standard InChI is InChI=1S/C20H28O4SSi.8CH4/c1-5-16(18-12-9-13-19(14-18)25-24-23-21)15-20(26(3,4)22-2)17-10-7-6-8-11-17;;;;;;;;/h6-14,16,20-21H,5,15H2,1-4H3;8*1H4. The summed E-state index contributed by atoms with van der Waals surface area (Å²) in [6.45, 7) is 6.80. The highest BCUT2D eigenvalue weighted by molar-refractivity contribution is 7.94. The van der Waals surface area contributed by atoms with Gasteiger partial charge in [-0.1, -0.05) is 114 Å². The van der Waals surface area contributed by atoms with Crippen molar-refractivity contribution in [3.63, 3.8) is 0 Å². The van der Waals surface area contributed by atoms with Gasteiger partial charge in [-0.25, -0.2) is 5.26 Å². The van der Waals surface area contributed by atoms with Crippen LogP contribution < -0.4 is 0 Å². The maximum absolute atomic E-state index is 8.36. The van der Waals surface area contributed by atoms with E-state index in [9.17, 15) is 0 Å². The average molecular weight is 521 g/mol. The topological polar surface area (TPSA) is 47.9 Å². The van der Waals surface area contributed by atoms with Crippen LogP contribution in [0.4, 0.5) is 0 Å². The van der Waals surface area contributed by atoms with Gasteiger partial charge in [-0.15, -0.1) is 4.33 Å².